The normalized spacial score (nSPS) is 10.7. The molecule has 0 atom stereocenters. The van der Waals surface area contributed by atoms with Gasteiger partial charge in [0.05, 0.1) is 12.4 Å². The molecular weight excluding hydrogens is 292 g/mol. The number of aromatic nitrogens is 2. The lowest BCUT2D eigenvalue weighted by Gasteiger charge is -2.20. The molecule has 0 bridgehead atoms. The van der Waals surface area contributed by atoms with Crippen LogP contribution in [-0.4, -0.2) is 39.0 Å². The highest BCUT2D eigenvalue weighted by molar-refractivity contribution is 5.84. The zero-order valence-corrected chi connectivity index (χ0v) is 13.5. The minimum absolute atomic E-state index is 0.0579. The SMILES string of the molecule is CCN(CC)Cc1ccccc1CNc1cnc(C(=O)O)cn1. The molecule has 1 aromatic carbocycles. The minimum atomic E-state index is -1.08. The molecule has 6 heteroatoms. The van der Waals surface area contributed by atoms with E-state index in [2.05, 4.69) is 46.2 Å². The third-order valence-corrected chi connectivity index (χ3v) is 3.74. The van der Waals surface area contributed by atoms with E-state index in [9.17, 15) is 4.79 Å². The average Bonchev–Trinajstić information content (AvgIpc) is 2.59. The van der Waals surface area contributed by atoms with Crippen LogP contribution in [0.5, 0.6) is 0 Å². The van der Waals surface area contributed by atoms with Crippen molar-refractivity contribution in [2.45, 2.75) is 26.9 Å². The molecule has 0 aliphatic heterocycles. The molecule has 23 heavy (non-hydrogen) atoms. The number of aromatic carboxylic acids is 1. The van der Waals surface area contributed by atoms with Gasteiger partial charge in [0.2, 0.25) is 0 Å². The van der Waals surface area contributed by atoms with Gasteiger partial charge in [0.15, 0.2) is 5.69 Å². The summed E-state index contributed by atoms with van der Waals surface area (Å²) >= 11 is 0. The van der Waals surface area contributed by atoms with Gasteiger partial charge >= 0.3 is 5.97 Å². The molecule has 0 aliphatic rings. The zero-order chi connectivity index (χ0) is 16.7. The number of carbonyl (C=O) groups is 1. The number of carboxylic acids is 1. The van der Waals surface area contributed by atoms with Crippen molar-refractivity contribution in [2.75, 3.05) is 18.4 Å². The van der Waals surface area contributed by atoms with Crippen LogP contribution in [0.2, 0.25) is 0 Å². The van der Waals surface area contributed by atoms with Crippen molar-refractivity contribution in [3.63, 3.8) is 0 Å². The van der Waals surface area contributed by atoms with Crippen molar-refractivity contribution >= 4 is 11.8 Å². The summed E-state index contributed by atoms with van der Waals surface area (Å²) in [5, 5.41) is 12.0. The molecule has 0 saturated heterocycles. The first-order valence-corrected chi connectivity index (χ1v) is 7.72. The predicted octanol–water partition coefficient (Wildman–Crippen LogP) is 2.63. The molecule has 0 aliphatic carbocycles. The predicted molar refractivity (Wildman–Crippen MR) is 89.4 cm³/mol. The summed E-state index contributed by atoms with van der Waals surface area (Å²) in [5.41, 5.74) is 2.42. The van der Waals surface area contributed by atoms with E-state index in [4.69, 9.17) is 5.11 Å². The van der Waals surface area contributed by atoms with Crippen molar-refractivity contribution in [3.8, 4) is 0 Å². The Kier molecular flexibility index (Phi) is 6.05. The standard InChI is InChI=1S/C17H22N4O2/c1-3-21(4-2)12-14-8-6-5-7-13(14)9-19-16-11-18-15(10-20-16)17(22)23/h5-8,10-11H,3-4,9,12H2,1-2H3,(H,19,20)(H,22,23). The second-order valence-electron chi connectivity index (χ2n) is 5.18. The first-order chi connectivity index (χ1) is 11.1. The lowest BCUT2D eigenvalue weighted by atomic mass is 10.1. The molecule has 2 rings (SSSR count). The molecule has 0 saturated carbocycles. The van der Waals surface area contributed by atoms with E-state index < -0.39 is 5.97 Å². The van der Waals surface area contributed by atoms with Gasteiger partial charge in [-0.05, 0) is 24.2 Å². The summed E-state index contributed by atoms with van der Waals surface area (Å²) < 4.78 is 0. The fourth-order valence-corrected chi connectivity index (χ4v) is 2.29. The molecule has 0 spiro atoms. The molecule has 0 amide bonds. The zero-order valence-electron chi connectivity index (χ0n) is 13.5. The molecule has 1 heterocycles. The summed E-state index contributed by atoms with van der Waals surface area (Å²) in [4.78, 5) is 21.1. The van der Waals surface area contributed by atoms with E-state index in [0.29, 0.717) is 12.4 Å². The first kappa shape index (κ1) is 16.9. The summed E-state index contributed by atoms with van der Waals surface area (Å²) in [6, 6.07) is 8.28. The van der Waals surface area contributed by atoms with Crippen molar-refractivity contribution in [3.05, 3.63) is 53.5 Å². The van der Waals surface area contributed by atoms with Gasteiger partial charge in [0.25, 0.3) is 0 Å². The van der Waals surface area contributed by atoms with Crippen LogP contribution < -0.4 is 5.32 Å². The Morgan fingerprint density at radius 1 is 1.13 bits per heavy atom. The molecule has 1 aromatic heterocycles. The second kappa shape index (κ2) is 8.24. The van der Waals surface area contributed by atoms with Gasteiger partial charge in [0.1, 0.15) is 5.82 Å². The van der Waals surface area contributed by atoms with E-state index in [1.54, 1.807) is 0 Å². The third kappa shape index (κ3) is 4.75. The van der Waals surface area contributed by atoms with Crippen LogP contribution in [-0.2, 0) is 13.1 Å². The van der Waals surface area contributed by atoms with Gasteiger partial charge in [0, 0.05) is 13.1 Å². The third-order valence-electron chi connectivity index (χ3n) is 3.74. The fraction of sp³-hybridized carbons (Fsp3) is 0.353. The van der Waals surface area contributed by atoms with E-state index in [1.807, 2.05) is 12.1 Å². The smallest absolute Gasteiger partial charge is 0.356 e. The molecule has 0 unspecified atom stereocenters. The molecule has 2 aromatic rings. The quantitative estimate of drug-likeness (QED) is 0.780. The number of hydrogen-bond donors (Lipinski definition) is 2. The van der Waals surface area contributed by atoms with Crippen LogP contribution in [0.1, 0.15) is 35.5 Å². The molecule has 0 radical (unpaired) electrons. The van der Waals surface area contributed by atoms with Crippen molar-refractivity contribution in [1.82, 2.24) is 14.9 Å². The monoisotopic (exact) mass is 314 g/mol. The Balaban J connectivity index is 2.04. The van der Waals surface area contributed by atoms with Gasteiger partial charge in [-0.2, -0.15) is 0 Å². The lowest BCUT2D eigenvalue weighted by Crippen LogP contribution is -2.23. The maximum Gasteiger partial charge on any atom is 0.356 e. The number of nitrogens with one attached hydrogen (secondary N) is 1. The Morgan fingerprint density at radius 3 is 2.39 bits per heavy atom. The number of rotatable bonds is 8. The van der Waals surface area contributed by atoms with Crippen LogP contribution >= 0.6 is 0 Å². The van der Waals surface area contributed by atoms with Crippen LogP contribution in [0, 0.1) is 0 Å². The molecule has 6 nitrogen and oxygen atoms in total. The Labute approximate surface area is 136 Å². The average molecular weight is 314 g/mol. The highest BCUT2D eigenvalue weighted by atomic mass is 16.4. The van der Waals surface area contributed by atoms with Gasteiger partial charge in [-0.25, -0.2) is 14.8 Å². The Hall–Kier alpha value is -2.47. The minimum Gasteiger partial charge on any atom is -0.476 e. The number of hydrogen-bond acceptors (Lipinski definition) is 5. The highest BCUT2D eigenvalue weighted by Gasteiger charge is 2.07. The van der Waals surface area contributed by atoms with Crippen LogP contribution in [0.15, 0.2) is 36.7 Å². The maximum absolute atomic E-state index is 10.8. The fourth-order valence-electron chi connectivity index (χ4n) is 2.29. The molecular formula is C17H22N4O2. The number of anilines is 1. The summed E-state index contributed by atoms with van der Waals surface area (Å²) in [7, 11) is 0. The van der Waals surface area contributed by atoms with Crippen LogP contribution in [0.25, 0.3) is 0 Å². The van der Waals surface area contributed by atoms with E-state index in [0.717, 1.165) is 19.6 Å². The summed E-state index contributed by atoms with van der Waals surface area (Å²) in [5.74, 6) is -0.513. The summed E-state index contributed by atoms with van der Waals surface area (Å²) in [6.45, 7) is 7.88. The van der Waals surface area contributed by atoms with Gasteiger partial charge in [-0.15, -0.1) is 0 Å². The highest BCUT2D eigenvalue weighted by Crippen LogP contribution is 2.13. The van der Waals surface area contributed by atoms with Crippen LogP contribution in [0.4, 0.5) is 5.82 Å². The first-order valence-electron chi connectivity index (χ1n) is 7.72. The summed E-state index contributed by atoms with van der Waals surface area (Å²) in [6.07, 6.45) is 2.70. The van der Waals surface area contributed by atoms with Gasteiger partial charge < -0.3 is 10.4 Å². The maximum atomic E-state index is 10.8. The van der Waals surface area contributed by atoms with Gasteiger partial charge in [-0.3, -0.25) is 4.90 Å². The molecule has 0 fully saturated rings. The van der Waals surface area contributed by atoms with E-state index in [-0.39, 0.29) is 5.69 Å². The number of benzene rings is 1. The molecule has 122 valence electrons. The largest absolute Gasteiger partial charge is 0.476 e. The second-order valence-corrected chi connectivity index (χ2v) is 5.18. The van der Waals surface area contributed by atoms with Crippen molar-refractivity contribution in [1.29, 1.82) is 0 Å². The Morgan fingerprint density at radius 2 is 1.83 bits per heavy atom. The topological polar surface area (TPSA) is 78.4 Å². The lowest BCUT2D eigenvalue weighted by molar-refractivity contribution is 0.0690. The number of nitrogens with zero attached hydrogens (tertiary/aromatic N) is 3. The van der Waals surface area contributed by atoms with Crippen LogP contribution in [0.3, 0.4) is 0 Å². The number of carboxylic acid groups (broad SMARTS) is 1. The van der Waals surface area contributed by atoms with Gasteiger partial charge in [-0.1, -0.05) is 38.1 Å². The van der Waals surface area contributed by atoms with E-state index in [1.165, 1.54) is 23.5 Å². The molecule has 2 N–H and O–H groups in total. The Bertz CT molecular complexity index is 639. The van der Waals surface area contributed by atoms with Crippen molar-refractivity contribution in [2.24, 2.45) is 0 Å². The van der Waals surface area contributed by atoms with E-state index >= 15 is 0 Å². The van der Waals surface area contributed by atoms with Crippen molar-refractivity contribution < 1.29 is 9.90 Å².